The lowest BCUT2D eigenvalue weighted by Gasteiger charge is -2.24. The molecular weight excluding hydrogens is 276 g/mol. The second-order valence-corrected chi connectivity index (χ2v) is 5.92. The third-order valence-electron chi connectivity index (χ3n) is 4.19. The largest absolute Gasteiger partial charge is 0.371 e. The Morgan fingerprint density at radius 3 is 2.45 bits per heavy atom. The Morgan fingerprint density at radius 2 is 1.82 bits per heavy atom. The Kier molecular flexibility index (Phi) is 3.74. The summed E-state index contributed by atoms with van der Waals surface area (Å²) in [5.74, 6) is 1.34. The van der Waals surface area contributed by atoms with Gasteiger partial charge in [-0.3, -0.25) is 0 Å². The highest BCUT2D eigenvalue weighted by molar-refractivity contribution is 5.53. The number of hydrogen-bond acceptors (Lipinski definition) is 5. The van der Waals surface area contributed by atoms with Gasteiger partial charge in [0, 0.05) is 31.2 Å². The summed E-state index contributed by atoms with van der Waals surface area (Å²) < 4.78 is 5.76. The monoisotopic (exact) mass is 296 g/mol. The third-order valence-corrected chi connectivity index (χ3v) is 4.19. The molecule has 1 aromatic carbocycles. The molecule has 1 aliphatic heterocycles. The smallest absolute Gasteiger partial charge is 0.227 e. The van der Waals surface area contributed by atoms with Crippen LogP contribution in [0, 0.1) is 0 Å². The molecule has 0 amide bonds. The zero-order valence-corrected chi connectivity index (χ0v) is 12.5. The highest BCUT2D eigenvalue weighted by atomic mass is 16.5. The molecule has 1 saturated heterocycles. The maximum absolute atomic E-state index is 5.76. The maximum atomic E-state index is 5.76. The molecule has 2 heterocycles. The molecule has 1 aromatic heterocycles. The Morgan fingerprint density at radius 1 is 1.05 bits per heavy atom. The van der Waals surface area contributed by atoms with Gasteiger partial charge in [0.2, 0.25) is 5.95 Å². The number of hydrogen-bond donors (Lipinski definition) is 2. The zero-order chi connectivity index (χ0) is 14.8. The first-order valence-electron chi connectivity index (χ1n) is 7.90. The number of aromatic nitrogens is 2. The molecule has 22 heavy (non-hydrogen) atoms. The van der Waals surface area contributed by atoms with Gasteiger partial charge in [-0.15, -0.1) is 0 Å². The number of anilines is 2. The molecule has 1 saturated carbocycles. The number of rotatable bonds is 4. The topological polar surface area (TPSA) is 59.1 Å². The summed E-state index contributed by atoms with van der Waals surface area (Å²) in [6, 6.07) is 8.29. The van der Waals surface area contributed by atoms with Crippen LogP contribution >= 0.6 is 0 Å². The Bertz CT molecular complexity index is 616. The average molecular weight is 296 g/mol. The summed E-state index contributed by atoms with van der Waals surface area (Å²) in [5.41, 5.74) is 3.44. The van der Waals surface area contributed by atoms with Crippen molar-refractivity contribution in [1.29, 1.82) is 0 Å². The van der Waals surface area contributed by atoms with Gasteiger partial charge >= 0.3 is 0 Å². The molecule has 114 valence electrons. The van der Waals surface area contributed by atoms with E-state index in [1.54, 1.807) is 0 Å². The van der Waals surface area contributed by atoms with Crippen molar-refractivity contribution in [2.75, 3.05) is 25.0 Å². The van der Waals surface area contributed by atoms with Crippen LogP contribution in [0.2, 0.25) is 0 Å². The van der Waals surface area contributed by atoms with Crippen molar-refractivity contribution in [1.82, 2.24) is 15.3 Å². The van der Waals surface area contributed by atoms with Gasteiger partial charge in [0.25, 0.3) is 0 Å². The molecule has 5 nitrogen and oxygen atoms in total. The summed E-state index contributed by atoms with van der Waals surface area (Å²) in [6.07, 6.45) is 6.56. The number of morpholine rings is 1. The molecule has 1 atom stereocenters. The van der Waals surface area contributed by atoms with E-state index in [9.17, 15) is 0 Å². The summed E-state index contributed by atoms with van der Waals surface area (Å²) in [6.45, 7) is 2.58. The molecular formula is C17H20N4O. The van der Waals surface area contributed by atoms with Gasteiger partial charge in [-0.2, -0.15) is 0 Å². The van der Waals surface area contributed by atoms with Crippen LogP contribution < -0.4 is 10.6 Å². The minimum absolute atomic E-state index is 0.150. The second kappa shape index (κ2) is 6.02. The van der Waals surface area contributed by atoms with Gasteiger partial charge in [0.05, 0.1) is 12.7 Å². The summed E-state index contributed by atoms with van der Waals surface area (Å²) >= 11 is 0. The predicted octanol–water partition coefficient (Wildman–Crippen LogP) is 2.76. The Balaban J connectivity index is 1.41. The first-order valence-corrected chi connectivity index (χ1v) is 7.90. The molecule has 2 N–H and O–H groups in total. The summed E-state index contributed by atoms with van der Waals surface area (Å²) in [4.78, 5) is 8.78. The van der Waals surface area contributed by atoms with Gasteiger partial charge in [-0.05, 0) is 42.0 Å². The standard InChI is InChI=1S/C17H20N4O/c1-2-12(1)14-9-19-17(20-10-14)21-15-5-3-13(4-6-15)16-11-18-7-8-22-16/h3-6,9-10,12,16,18H,1-2,7-8,11H2,(H,19,20,21)/t16-/m0/s1. The second-order valence-electron chi connectivity index (χ2n) is 5.92. The fourth-order valence-electron chi connectivity index (χ4n) is 2.72. The van der Waals surface area contributed by atoms with Crippen molar-refractivity contribution in [3.8, 4) is 0 Å². The van der Waals surface area contributed by atoms with Crippen LogP contribution in [-0.4, -0.2) is 29.7 Å². The van der Waals surface area contributed by atoms with Gasteiger partial charge in [0.15, 0.2) is 0 Å². The van der Waals surface area contributed by atoms with Crippen molar-refractivity contribution in [3.05, 3.63) is 47.8 Å². The van der Waals surface area contributed by atoms with E-state index in [-0.39, 0.29) is 6.10 Å². The van der Waals surface area contributed by atoms with E-state index in [1.165, 1.54) is 24.0 Å². The first kappa shape index (κ1) is 13.7. The number of nitrogens with zero attached hydrogens (tertiary/aromatic N) is 2. The molecule has 0 spiro atoms. The molecule has 2 aliphatic rings. The molecule has 0 unspecified atom stereocenters. The quantitative estimate of drug-likeness (QED) is 0.908. The van der Waals surface area contributed by atoms with Crippen LogP contribution in [0.3, 0.4) is 0 Å². The van der Waals surface area contributed by atoms with Crippen molar-refractivity contribution in [2.24, 2.45) is 0 Å². The maximum Gasteiger partial charge on any atom is 0.227 e. The SMILES string of the molecule is c1cc([C@@H]2CNCCO2)ccc1Nc1ncc(C2CC2)cn1. The fraction of sp³-hybridized carbons (Fsp3) is 0.412. The van der Waals surface area contributed by atoms with Crippen LogP contribution in [0.15, 0.2) is 36.7 Å². The molecule has 2 aromatic rings. The van der Waals surface area contributed by atoms with Crippen molar-refractivity contribution in [3.63, 3.8) is 0 Å². The van der Waals surface area contributed by atoms with E-state index in [2.05, 4.69) is 32.7 Å². The highest BCUT2D eigenvalue weighted by Crippen LogP contribution is 2.39. The van der Waals surface area contributed by atoms with E-state index in [4.69, 9.17) is 4.74 Å². The summed E-state index contributed by atoms with van der Waals surface area (Å²) in [7, 11) is 0. The van der Waals surface area contributed by atoms with Crippen molar-refractivity contribution < 1.29 is 4.74 Å². The van der Waals surface area contributed by atoms with Gasteiger partial charge in [0.1, 0.15) is 0 Å². The minimum atomic E-state index is 0.150. The average Bonchev–Trinajstić information content (AvgIpc) is 3.42. The Labute approximate surface area is 130 Å². The van der Waals surface area contributed by atoms with Crippen LogP contribution in [-0.2, 0) is 4.74 Å². The fourth-order valence-corrected chi connectivity index (χ4v) is 2.72. The van der Waals surface area contributed by atoms with Gasteiger partial charge in [-0.1, -0.05) is 12.1 Å². The number of nitrogens with one attached hydrogen (secondary N) is 2. The van der Waals surface area contributed by atoms with E-state index in [0.717, 1.165) is 25.4 Å². The van der Waals surface area contributed by atoms with Gasteiger partial charge in [-0.25, -0.2) is 9.97 Å². The molecule has 0 radical (unpaired) electrons. The summed E-state index contributed by atoms with van der Waals surface area (Å²) in [5, 5.41) is 6.59. The lowest BCUT2D eigenvalue weighted by molar-refractivity contribution is 0.0277. The van der Waals surface area contributed by atoms with Crippen molar-refractivity contribution >= 4 is 11.6 Å². The van der Waals surface area contributed by atoms with Crippen molar-refractivity contribution in [2.45, 2.75) is 24.9 Å². The molecule has 5 heteroatoms. The van der Waals surface area contributed by atoms with E-state index >= 15 is 0 Å². The number of benzene rings is 1. The Hall–Kier alpha value is -1.98. The zero-order valence-electron chi connectivity index (χ0n) is 12.5. The van der Waals surface area contributed by atoms with Crippen LogP contribution in [0.4, 0.5) is 11.6 Å². The third kappa shape index (κ3) is 3.10. The van der Waals surface area contributed by atoms with Crippen LogP contribution in [0.25, 0.3) is 0 Å². The number of ether oxygens (including phenoxy) is 1. The van der Waals surface area contributed by atoms with Crippen LogP contribution in [0.1, 0.15) is 36.0 Å². The molecule has 4 rings (SSSR count). The highest BCUT2D eigenvalue weighted by Gasteiger charge is 2.24. The first-order chi connectivity index (χ1) is 10.9. The van der Waals surface area contributed by atoms with E-state index in [1.807, 2.05) is 24.5 Å². The van der Waals surface area contributed by atoms with Crippen LogP contribution in [0.5, 0.6) is 0 Å². The van der Waals surface area contributed by atoms with E-state index in [0.29, 0.717) is 11.9 Å². The lowest BCUT2D eigenvalue weighted by Crippen LogP contribution is -2.33. The van der Waals surface area contributed by atoms with E-state index < -0.39 is 0 Å². The lowest BCUT2D eigenvalue weighted by atomic mass is 10.1. The molecule has 1 aliphatic carbocycles. The van der Waals surface area contributed by atoms with Gasteiger partial charge < -0.3 is 15.4 Å². The molecule has 0 bridgehead atoms. The predicted molar refractivity (Wildman–Crippen MR) is 85.3 cm³/mol. The normalized spacial score (nSPS) is 21.5. The minimum Gasteiger partial charge on any atom is -0.371 e. The molecule has 2 fully saturated rings.